The Kier molecular flexibility index (Phi) is 15.1. The van der Waals surface area contributed by atoms with Gasteiger partial charge in [0.2, 0.25) is 29.5 Å². The zero-order chi connectivity index (χ0) is 30.4. The molecule has 0 spiro atoms. The lowest BCUT2D eigenvalue weighted by Crippen LogP contribution is -2.58. The molecule has 10 N–H and O–H groups in total. The molecule has 1 aliphatic rings. The molecule has 16 heteroatoms. The monoisotopic (exact) mass is 573 g/mol. The Balaban J connectivity index is 2.84. The number of nitrogens with two attached hydrogens (primary N) is 2. The Labute approximate surface area is 232 Å². The third-order valence-corrected chi connectivity index (χ3v) is 6.30. The van der Waals surface area contributed by atoms with Gasteiger partial charge in [0.25, 0.3) is 0 Å². The molecule has 0 aromatic rings. The summed E-state index contributed by atoms with van der Waals surface area (Å²) in [5, 5.41) is 29.0. The van der Waals surface area contributed by atoms with Crippen LogP contribution in [0, 0.1) is 0 Å². The topological polar surface area (TPSA) is 256 Å². The third kappa shape index (κ3) is 10.7. The van der Waals surface area contributed by atoms with Gasteiger partial charge in [0.05, 0.1) is 32.4 Å². The first kappa shape index (κ1) is 34.7. The van der Waals surface area contributed by atoms with Gasteiger partial charge in [-0.05, 0) is 52.5 Å². The van der Waals surface area contributed by atoms with E-state index in [9.17, 15) is 39.0 Å². The molecule has 1 rings (SSSR count). The van der Waals surface area contributed by atoms with Crippen LogP contribution in [0.15, 0.2) is 0 Å². The van der Waals surface area contributed by atoms with Crippen molar-refractivity contribution >= 4 is 35.5 Å². The van der Waals surface area contributed by atoms with Crippen molar-refractivity contribution in [2.45, 2.75) is 82.3 Å². The van der Waals surface area contributed by atoms with Crippen LogP contribution in [0.2, 0.25) is 0 Å². The van der Waals surface area contributed by atoms with E-state index in [-0.39, 0.29) is 6.42 Å². The molecule has 1 saturated heterocycles. The van der Waals surface area contributed by atoms with Gasteiger partial charge in [0.1, 0.15) is 18.1 Å². The molecule has 0 aromatic carbocycles. The van der Waals surface area contributed by atoms with Crippen LogP contribution in [0.1, 0.15) is 46.0 Å². The second kappa shape index (κ2) is 17.4. The Morgan fingerprint density at radius 1 is 1.02 bits per heavy atom. The average Bonchev–Trinajstić information content (AvgIpc) is 3.41. The van der Waals surface area contributed by atoms with Gasteiger partial charge in [-0.3, -0.25) is 24.0 Å². The SMILES string of the molecule is COC(=O)C(NC(=O)CNC(=O)C(CCCCN)NC(=O)C(CO)NC(=O)C1CCCN1C(=O)C(C)N)C(C)O. The fourth-order valence-corrected chi connectivity index (χ4v) is 4.08. The van der Waals surface area contributed by atoms with E-state index >= 15 is 0 Å². The normalized spacial score (nSPS) is 18.5. The predicted molar refractivity (Wildman–Crippen MR) is 141 cm³/mol. The molecule has 228 valence electrons. The van der Waals surface area contributed by atoms with Gasteiger partial charge < -0.3 is 52.6 Å². The number of aliphatic hydroxyl groups excluding tert-OH is 2. The van der Waals surface area contributed by atoms with Crippen LogP contribution in [-0.4, -0.2) is 120 Å². The van der Waals surface area contributed by atoms with Gasteiger partial charge in [-0.1, -0.05) is 0 Å². The van der Waals surface area contributed by atoms with Crippen molar-refractivity contribution < 1.29 is 43.7 Å². The molecule has 0 aliphatic carbocycles. The molecule has 1 fully saturated rings. The first-order chi connectivity index (χ1) is 18.9. The van der Waals surface area contributed by atoms with Crippen molar-refractivity contribution in [3.05, 3.63) is 0 Å². The number of ether oxygens (including phenoxy) is 1. The summed E-state index contributed by atoms with van der Waals surface area (Å²) >= 11 is 0. The Morgan fingerprint density at radius 3 is 2.25 bits per heavy atom. The van der Waals surface area contributed by atoms with Crippen molar-refractivity contribution in [3.63, 3.8) is 0 Å². The maximum atomic E-state index is 12.9. The van der Waals surface area contributed by atoms with Crippen molar-refractivity contribution in [1.82, 2.24) is 26.2 Å². The van der Waals surface area contributed by atoms with Crippen LogP contribution in [-0.2, 0) is 33.5 Å². The molecule has 40 heavy (non-hydrogen) atoms. The van der Waals surface area contributed by atoms with Crippen LogP contribution < -0.4 is 32.7 Å². The average molecular weight is 574 g/mol. The number of amides is 5. The number of nitrogens with zero attached hydrogens (tertiary/aromatic N) is 1. The highest BCUT2D eigenvalue weighted by Gasteiger charge is 2.37. The Morgan fingerprint density at radius 2 is 1.70 bits per heavy atom. The number of hydrogen-bond donors (Lipinski definition) is 8. The van der Waals surface area contributed by atoms with Crippen LogP contribution in [0.25, 0.3) is 0 Å². The van der Waals surface area contributed by atoms with Crippen LogP contribution in [0.3, 0.4) is 0 Å². The molecule has 6 unspecified atom stereocenters. The molecule has 0 bridgehead atoms. The second-order valence-electron chi connectivity index (χ2n) is 9.59. The lowest BCUT2D eigenvalue weighted by atomic mass is 10.1. The Bertz CT molecular complexity index is 900. The molecular weight excluding hydrogens is 530 g/mol. The Hall–Kier alpha value is -3.34. The van der Waals surface area contributed by atoms with E-state index in [4.69, 9.17) is 11.5 Å². The predicted octanol–water partition coefficient (Wildman–Crippen LogP) is -4.43. The third-order valence-electron chi connectivity index (χ3n) is 6.30. The van der Waals surface area contributed by atoms with Gasteiger partial charge in [-0.25, -0.2) is 4.79 Å². The summed E-state index contributed by atoms with van der Waals surface area (Å²) < 4.78 is 4.52. The molecular formula is C24H43N7O9. The van der Waals surface area contributed by atoms with Crippen LogP contribution in [0.5, 0.6) is 0 Å². The lowest BCUT2D eigenvalue weighted by molar-refractivity contribution is -0.148. The zero-order valence-corrected chi connectivity index (χ0v) is 23.2. The van der Waals surface area contributed by atoms with Gasteiger partial charge in [-0.2, -0.15) is 0 Å². The number of carbonyl (C=O) groups is 6. The number of esters is 1. The summed E-state index contributed by atoms with van der Waals surface area (Å²) in [5.41, 5.74) is 11.2. The molecule has 5 amide bonds. The first-order valence-corrected chi connectivity index (χ1v) is 13.2. The van der Waals surface area contributed by atoms with Gasteiger partial charge in [0.15, 0.2) is 6.04 Å². The number of methoxy groups -OCH3 is 1. The van der Waals surface area contributed by atoms with Crippen LogP contribution >= 0.6 is 0 Å². The summed E-state index contributed by atoms with van der Waals surface area (Å²) in [6.07, 6.45) is 0.804. The molecule has 0 radical (unpaired) electrons. The summed E-state index contributed by atoms with van der Waals surface area (Å²) in [6.45, 7) is 2.10. The number of aliphatic hydroxyl groups is 2. The van der Waals surface area contributed by atoms with Gasteiger partial charge in [0, 0.05) is 6.54 Å². The summed E-state index contributed by atoms with van der Waals surface area (Å²) in [5.74, 6) is -4.30. The number of carbonyl (C=O) groups excluding carboxylic acids is 6. The van der Waals surface area contributed by atoms with E-state index in [1.54, 1.807) is 0 Å². The van der Waals surface area contributed by atoms with Gasteiger partial charge in [-0.15, -0.1) is 0 Å². The highest BCUT2D eigenvalue weighted by molar-refractivity contribution is 5.96. The molecule has 1 heterocycles. The number of nitrogens with one attached hydrogen (secondary N) is 4. The summed E-state index contributed by atoms with van der Waals surface area (Å²) in [4.78, 5) is 76.2. The van der Waals surface area contributed by atoms with Gasteiger partial charge >= 0.3 is 5.97 Å². The van der Waals surface area contributed by atoms with E-state index in [0.717, 1.165) is 7.11 Å². The molecule has 16 nitrogen and oxygen atoms in total. The zero-order valence-electron chi connectivity index (χ0n) is 23.2. The number of likely N-dealkylation sites (tertiary alicyclic amines) is 1. The highest BCUT2D eigenvalue weighted by Crippen LogP contribution is 2.18. The first-order valence-electron chi connectivity index (χ1n) is 13.2. The second-order valence-corrected chi connectivity index (χ2v) is 9.59. The minimum Gasteiger partial charge on any atom is -0.467 e. The lowest BCUT2D eigenvalue weighted by Gasteiger charge is -2.27. The van der Waals surface area contributed by atoms with E-state index in [2.05, 4.69) is 26.0 Å². The maximum Gasteiger partial charge on any atom is 0.331 e. The van der Waals surface area contributed by atoms with Crippen molar-refractivity contribution in [2.24, 2.45) is 11.5 Å². The molecule has 0 aromatic heterocycles. The van der Waals surface area contributed by atoms with Crippen molar-refractivity contribution in [3.8, 4) is 0 Å². The summed E-state index contributed by atoms with van der Waals surface area (Å²) in [7, 11) is 1.09. The fourth-order valence-electron chi connectivity index (χ4n) is 4.08. The fraction of sp³-hybridized carbons (Fsp3) is 0.750. The molecule has 0 saturated carbocycles. The van der Waals surface area contributed by atoms with Crippen LogP contribution in [0.4, 0.5) is 0 Å². The van der Waals surface area contributed by atoms with E-state index < -0.39 is 85.0 Å². The highest BCUT2D eigenvalue weighted by atomic mass is 16.5. The number of unbranched alkanes of at least 4 members (excludes halogenated alkanes) is 1. The summed E-state index contributed by atoms with van der Waals surface area (Å²) in [6, 6.07) is -5.56. The van der Waals surface area contributed by atoms with E-state index in [1.807, 2.05) is 0 Å². The molecule has 1 aliphatic heterocycles. The van der Waals surface area contributed by atoms with Crippen molar-refractivity contribution in [1.29, 1.82) is 0 Å². The quantitative estimate of drug-likeness (QED) is 0.0645. The maximum absolute atomic E-state index is 12.9. The minimum atomic E-state index is -1.42. The number of hydrogen-bond acceptors (Lipinski definition) is 11. The molecule has 6 atom stereocenters. The number of rotatable bonds is 16. The standard InChI is InChI=1S/C24H43N7O9/c1-13(26)23(38)31-10-6-8-17(31)22(37)29-16(12-32)21(36)28-15(7-4-5-9-25)20(35)27-11-18(34)30-19(14(2)33)24(39)40-3/h13-17,19,32-33H,4-12,25-26H2,1-3H3,(H,27,35)(H,28,36)(H,29,37)(H,30,34). The van der Waals surface area contributed by atoms with Crippen molar-refractivity contribution in [2.75, 3.05) is 33.4 Å². The van der Waals surface area contributed by atoms with E-state index in [0.29, 0.717) is 38.8 Å². The smallest absolute Gasteiger partial charge is 0.331 e. The largest absolute Gasteiger partial charge is 0.467 e. The minimum absolute atomic E-state index is 0.139. The van der Waals surface area contributed by atoms with E-state index in [1.165, 1.54) is 18.7 Å².